The molecule has 1 unspecified atom stereocenters. The molecular weight excluding hydrogens is 342 g/mol. The number of amides is 1. The van der Waals surface area contributed by atoms with Gasteiger partial charge in [0.05, 0.1) is 0 Å². The minimum absolute atomic E-state index is 0.0475. The standard InChI is InChI=1S/C19H24ClNO4/c1-11-5-6-12(13(20)7-11)18-8-19(9-18,10-18)14(15(22)23)21-16(24)25-17(2,3)4/h5-7,14H,8-10H2,1-4H3,(H,21,24)(H,22,23). The smallest absolute Gasteiger partial charge is 0.408 e. The fourth-order valence-electron chi connectivity index (χ4n) is 4.41. The molecule has 0 spiro atoms. The van der Waals surface area contributed by atoms with E-state index in [1.54, 1.807) is 20.8 Å². The number of aliphatic carboxylic acids is 1. The molecule has 1 atom stereocenters. The van der Waals surface area contributed by atoms with Gasteiger partial charge in [-0.25, -0.2) is 9.59 Å². The molecule has 1 aromatic rings. The van der Waals surface area contributed by atoms with Crippen molar-refractivity contribution in [3.05, 3.63) is 34.3 Å². The Bertz CT molecular complexity index is 718. The average Bonchev–Trinajstić information content (AvgIpc) is 2.34. The van der Waals surface area contributed by atoms with E-state index in [1.807, 2.05) is 25.1 Å². The van der Waals surface area contributed by atoms with Gasteiger partial charge in [0.15, 0.2) is 0 Å². The second-order valence-corrected chi connectivity index (χ2v) is 8.98. The van der Waals surface area contributed by atoms with Gasteiger partial charge in [-0.15, -0.1) is 0 Å². The number of hydrogen-bond acceptors (Lipinski definition) is 3. The van der Waals surface area contributed by atoms with Gasteiger partial charge in [-0.05, 0) is 69.6 Å². The van der Waals surface area contributed by atoms with Crippen molar-refractivity contribution in [3.63, 3.8) is 0 Å². The van der Waals surface area contributed by atoms with E-state index in [-0.39, 0.29) is 5.41 Å². The fourth-order valence-corrected chi connectivity index (χ4v) is 4.85. The molecule has 5 nitrogen and oxygen atoms in total. The maximum atomic E-state index is 12.0. The molecular formula is C19H24ClNO4. The lowest BCUT2D eigenvalue weighted by molar-refractivity contribution is -0.183. The fraction of sp³-hybridized carbons (Fsp3) is 0.579. The summed E-state index contributed by atoms with van der Waals surface area (Å²) < 4.78 is 5.21. The number of aryl methyl sites for hydroxylation is 1. The number of carboxylic acid groups (broad SMARTS) is 1. The zero-order chi connectivity index (χ0) is 18.6. The number of halogens is 1. The molecule has 0 heterocycles. The Hall–Kier alpha value is -1.75. The topological polar surface area (TPSA) is 75.6 Å². The first-order valence-corrected chi connectivity index (χ1v) is 8.83. The maximum Gasteiger partial charge on any atom is 0.408 e. The van der Waals surface area contributed by atoms with Gasteiger partial charge in [-0.1, -0.05) is 23.7 Å². The molecule has 3 saturated carbocycles. The van der Waals surface area contributed by atoms with E-state index in [2.05, 4.69) is 5.32 Å². The number of carbonyl (C=O) groups excluding carboxylic acids is 1. The Labute approximate surface area is 152 Å². The minimum Gasteiger partial charge on any atom is -0.480 e. The lowest BCUT2D eigenvalue weighted by Crippen LogP contribution is -2.73. The predicted octanol–water partition coefficient (Wildman–Crippen LogP) is 4.05. The number of benzene rings is 1. The Morgan fingerprint density at radius 3 is 2.36 bits per heavy atom. The molecule has 6 heteroatoms. The second kappa shape index (κ2) is 5.63. The van der Waals surface area contributed by atoms with Gasteiger partial charge in [-0.3, -0.25) is 0 Å². The molecule has 3 aliphatic carbocycles. The zero-order valence-corrected chi connectivity index (χ0v) is 15.7. The Morgan fingerprint density at radius 2 is 1.88 bits per heavy atom. The van der Waals surface area contributed by atoms with Crippen LogP contribution in [0, 0.1) is 12.3 Å². The molecule has 4 rings (SSSR count). The highest BCUT2D eigenvalue weighted by Gasteiger charge is 2.73. The van der Waals surface area contributed by atoms with E-state index in [0.29, 0.717) is 0 Å². The maximum absolute atomic E-state index is 12.0. The first-order chi connectivity index (χ1) is 11.5. The zero-order valence-electron chi connectivity index (χ0n) is 15.0. The largest absolute Gasteiger partial charge is 0.480 e. The van der Waals surface area contributed by atoms with Crippen LogP contribution in [0.15, 0.2) is 18.2 Å². The van der Waals surface area contributed by atoms with Crippen molar-refractivity contribution in [3.8, 4) is 0 Å². The molecule has 3 fully saturated rings. The van der Waals surface area contributed by atoms with Crippen LogP contribution >= 0.6 is 11.6 Å². The molecule has 0 saturated heterocycles. The van der Waals surface area contributed by atoms with Crippen molar-refractivity contribution in [1.29, 1.82) is 0 Å². The van der Waals surface area contributed by atoms with E-state index in [9.17, 15) is 14.7 Å². The van der Waals surface area contributed by atoms with Gasteiger partial charge in [-0.2, -0.15) is 0 Å². The van der Waals surface area contributed by atoms with E-state index < -0.39 is 29.1 Å². The highest BCUT2D eigenvalue weighted by Crippen LogP contribution is 2.75. The van der Waals surface area contributed by atoms with Gasteiger partial charge in [0.2, 0.25) is 0 Å². The first-order valence-electron chi connectivity index (χ1n) is 8.45. The third-order valence-corrected chi connectivity index (χ3v) is 5.60. The van der Waals surface area contributed by atoms with E-state index in [4.69, 9.17) is 16.3 Å². The van der Waals surface area contributed by atoms with Crippen molar-refractivity contribution >= 4 is 23.7 Å². The number of alkyl carbamates (subject to hydrolysis) is 1. The van der Waals surface area contributed by atoms with Crippen LogP contribution < -0.4 is 5.32 Å². The molecule has 3 aliphatic rings. The molecule has 0 radical (unpaired) electrons. The van der Waals surface area contributed by atoms with Gasteiger partial charge in [0.25, 0.3) is 0 Å². The van der Waals surface area contributed by atoms with Crippen LogP contribution in [0.4, 0.5) is 4.79 Å². The summed E-state index contributed by atoms with van der Waals surface area (Å²) in [6, 6.07) is 5.07. The monoisotopic (exact) mass is 365 g/mol. The summed E-state index contributed by atoms with van der Waals surface area (Å²) in [6.45, 7) is 7.23. The van der Waals surface area contributed by atoms with Gasteiger partial charge < -0.3 is 15.2 Å². The van der Waals surface area contributed by atoms with Crippen LogP contribution in [-0.4, -0.2) is 28.8 Å². The van der Waals surface area contributed by atoms with E-state index >= 15 is 0 Å². The number of hydrogen-bond donors (Lipinski definition) is 2. The van der Waals surface area contributed by atoms with Crippen LogP contribution in [0.5, 0.6) is 0 Å². The van der Waals surface area contributed by atoms with Crippen molar-refractivity contribution in [2.24, 2.45) is 5.41 Å². The Balaban J connectivity index is 1.71. The number of ether oxygens (including phenoxy) is 1. The van der Waals surface area contributed by atoms with Crippen LogP contribution in [0.1, 0.15) is 51.2 Å². The van der Waals surface area contributed by atoms with Crippen molar-refractivity contribution in [1.82, 2.24) is 5.32 Å². The molecule has 2 N–H and O–H groups in total. The summed E-state index contributed by atoms with van der Waals surface area (Å²) in [4.78, 5) is 23.7. The normalized spacial score (nSPS) is 28.4. The number of rotatable bonds is 4. The average molecular weight is 366 g/mol. The molecule has 0 aromatic heterocycles. The van der Waals surface area contributed by atoms with Crippen LogP contribution in [0.3, 0.4) is 0 Å². The van der Waals surface area contributed by atoms with E-state index in [1.165, 1.54) is 0 Å². The Kier molecular flexibility index (Phi) is 4.06. The quantitative estimate of drug-likeness (QED) is 0.844. The second-order valence-electron chi connectivity index (χ2n) is 8.57. The highest BCUT2D eigenvalue weighted by molar-refractivity contribution is 6.31. The molecule has 25 heavy (non-hydrogen) atoms. The molecule has 2 bridgehead atoms. The summed E-state index contributed by atoms with van der Waals surface area (Å²) in [5.74, 6) is -1.02. The lowest BCUT2D eigenvalue weighted by atomic mass is 9.31. The molecule has 1 aromatic carbocycles. The van der Waals surface area contributed by atoms with Crippen LogP contribution in [0.2, 0.25) is 5.02 Å². The van der Waals surface area contributed by atoms with Crippen molar-refractivity contribution in [2.45, 2.75) is 64.0 Å². The van der Waals surface area contributed by atoms with Crippen LogP contribution in [-0.2, 0) is 14.9 Å². The summed E-state index contributed by atoms with van der Waals surface area (Å²) >= 11 is 6.39. The number of nitrogens with one attached hydrogen (secondary N) is 1. The third-order valence-electron chi connectivity index (χ3n) is 5.29. The molecule has 1 amide bonds. The summed E-state index contributed by atoms with van der Waals surface area (Å²) in [7, 11) is 0. The van der Waals surface area contributed by atoms with Crippen molar-refractivity contribution in [2.75, 3.05) is 0 Å². The summed E-state index contributed by atoms with van der Waals surface area (Å²) in [5.41, 5.74) is 1.07. The summed E-state index contributed by atoms with van der Waals surface area (Å²) in [6.07, 6.45) is 1.47. The minimum atomic E-state index is -1.02. The number of carbonyl (C=O) groups is 2. The van der Waals surface area contributed by atoms with Gasteiger partial charge in [0.1, 0.15) is 11.6 Å². The Morgan fingerprint density at radius 1 is 1.28 bits per heavy atom. The van der Waals surface area contributed by atoms with E-state index in [0.717, 1.165) is 35.4 Å². The SMILES string of the molecule is Cc1ccc(C23CC(C(NC(=O)OC(C)(C)C)C(=O)O)(C2)C3)c(Cl)c1. The van der Waals surface area contributed by atoms with Crippen molar-refractivity contribution < 1.29 is 19.4 Å². The molecule has 0 aliphatic heterocycles. The van der Waals surface area contributed by atoms with Gasteiger partial charge >= 0.3 is 12.1 Å². The lowest BCUT2D eigenvalue weighted by Gasteiger charge is -2.72. The summed E-state index contributed by atoms with van der Waals surface area (Å²) in [5, 5.41) is 12.9. The first kappa shape index (κ1) is 18.1. The van der Waals surface area contributed by atoms with Gasteiger partial charge in [0, 0.05) is 10.4 Å². The predicted molar refractivity (Wildman–Crippen MR) is 94.9 cm³/mol. The third kappa shape index (κ3) is 3.10. The molecule has 136 valence electrons. The number of carboxylic acids is 1. The van der Waals surface area contributed by atoms with Crippen LogP contribution in [0.25, 0.3) is 0 Å². The highest BCUT2D eigenvalue weighted by atomic mass is 35.5.